The van der Waals surface area contributed by atoms with E-state index >= 15 is 0 Å². The summed E-state index contributed by atoms with van der Waals surface area (Å²) >= 11 is 0. The number of ether oxygens (including phenoxy) is 1. The molecular weight excluding hydrogens is 230 g/mol. The van der Waals surface area contributed by atoms with Crippen molar-refractivity contribution in [1.29, 1.82) is 0 Å². The average Bonchev–Trinajstić information content (AvgIpc) is 2.27. The van der Waals surface area contributed by atoms with Gasteiger partial charge in [-0.25, -0.2) is 13.6 Å². The molecular formula is C11H14F2N2O2. The van der Waals surface area contributed by atoms with Gasteiger partial charge in [-0.3, -0.25) is 4.98 Å². The van der Waals surface area contributed by atoms with Crippen molar-refractivity contribution in [3.8, 4) is 0 Å². The van der Waals surface area contributed by atoms with E-state index in [0.717, 1.165) is 0 Å². The van der Waals surface area contributed by atoms with E-state index in [-0.39, 0.29) is 35.5 Å². The monoisotopic (exact) mass is 244 g/mol. The third-order valence-electron chi connectivity index (χ3n) is 2.35. The van der Waals surface area contributed by atoms with Crippen LogP contribution in [0.3, 0.4) is 0 Å². The van der Waals surface area contributed by atoms with Crippen LogP contribution in [0.15, 0.2) is 6.20 Å². The molecule has 1 rings (SSSR count). The van der Waals surface area contributed by atoms with Crippen molar-refractivity contribution in [2.75, 3.05) is 6.61 Å². The first-order valence-corrected chi connectivity index (χ1v) is 5.16. The maximum Gasteiger partial charge on any atom is 0.340 e. The second kappa shape index (κ2) is 5.67. The van der Waals surface area contributed by atoms with Crippen LogP contribution in [0.1, 0.15) is 40.5 Å². The number of carbonyl (C=O) groups excluding carboxylic acids is 1. The minimum Gasteiger partial charge on any atom is -0.462 e. The predicted molar refractivity (Wildman–Crippen MR) is 57.8 cm³/mol. The molecule has 1 heterocycles. The molecule has 0 aliphatic rings. The Morgan fingerprint density at radius 2 is 2.24 bits per heavy atom. The number of nitrogens with zero attached hydrogens (tertiary/aromatic N) is 1. The highest BCUT2D eigenvalue weighted by molar-refractivity contribution is 5.91. The smallest absolute Gasteiger partial charge is 0.340 e. The summed E-state index contributed by atoms with van der Waals surface area (Å²) in [6.07, 6.45) is -1.49. The number of pyridine rings is 1. The first-order valence-electron chi connectivity index (χ1n) is 5.16. The molecule has 0 amide bonds. The number of nitrogens with two attached hydrogens (primary N) is 1. The van der Waals surface area contributed by atoms with Gasteiger partial charge in [-0.1, -0.05) is 0 Å². The van der Waals surface area contributed by atoms with Gasteiger partial charge in [0, 0.05) is 24.0 Å². The molecule has 0 fully saturated rings. The van der Waals surface area contributed by atoms with Gasteiger partial charge in [-0.2, -0.15) is 0 Å². The van der Waals surface area contributed by atoms with Crippen molar-refractivity contribution >= 4 is 5.97 Å². The highest BCUT2D eigenvalue weighted by atomic mass is 19.3. The zero-order valence-electron chi connectivity index (χ0n) is 9.67. The fraction of sp³-hybridized carbons (Fsp3) is 0.455. The summed E-state index contributed by atoms with van der Waals surface area (Å²) in [4.78, 5) is 15.3. The highest BCUT2D eigenvalue weighted by Gasteiger charge is 2.22. The van der Waals surface area contributed by atoms with Gasteiger partial charge in [0.15, 0.2) is 0 Å². The quantitative estimate of drug-likeness (QED) is 0.822. The number of aromatic nitrogens is 1. The lowest BCUT2D eigenvalue weighted by molar-refractivity contribution is 0.0524. The highest BCUT2D eigenvalue weighted by Crippen LogP contribution is 2.27. The summed E-state index contributed by atoms with van der Waals surface area (Å²) in [6.45, 7) is 3.10. The number of esters is 1. The summed E-state index contributed by atoms with van der Waals surface area (Å²) in [7, 11) is 0. The molecule has 0 radical (unpaired) electrons. The third-order valence-corrected chi connectivity index (χ3v) is 2.35. The fourth-order valence-electron chi connectivity index (χ4n) is 1.57. The summed E-state index contributed by atoms with van der Waals surface area (Å²) in [5, 5.41) is 0. The van der Waals surface area contributed by atoms with Crippen molar-refractivity contribution in [1.82, 2.24) is 4.98 Å². The number of hydrogen-bond donors (Lipinski definition) is 1. The largest absolute Gasteiger partial charge is 0.462 e. The maximum atomic E-state index is 12.9. The number of aryl methyl sites for hydroxylation is 1. The van der Waals surface area contributed by atoms with E-state index in [1.54, 1.807) is 6.92 Å². The van der Waals surface area contributed by atoms with Crippen molar-refractivity contribution < 1.29 is 18.3 Å². The number of hydrogen-bond acceptors (Lipinski definition) is 4. The van der Waals surface area contributed by atoms with Crippen LogP contribution >= 0.6 is 0 Å². The van der Waals surface area contributed by atoms with Crippen LogP contribution in [0.2, 0.25) is 0 Å². The molecule has 17 heavy (non-hydrogen) atoms. The van der Waals surface area contributed by atoms with E-state index in [1.165, 1.54) is 13.1 Å². The minimum atomic E-state index is -2.71. The van der Waals surface area contributed by atoms with Gasteiger partial charge < -0.3 is 10.5 Å². The lowest BCUT2D eigenvalue weighted by atomic mass is 10.0. The Morgan fingerprint density at radius 1 is 1.59 bits per heavy atom. The molecule has 1 aromatic heterocycles. The van der Waals surface area contributed by atoms with Crippen LogP contribution < -0.4 is 5.73 Å². The molecule has 94 valence electrons. The SMILES string of the molecule is CCOC(=O)c1cnc(C)c(C(F)F)c1CN. The average molecular weight is 244 g/mol. The number of carbonyl (C=O) groups is 1. The van der Waals surface area contributed by atoms with Crippen molar-refractivity contribution in [2.45, 2.75) is 26.8 Å². The first kappa shape index (κ1) is 13.5. The lowest BCUT2D eigenvalue weighted by Gasteiger charge is -2.13. The van der Waals surface area contributed by atoms with E-state index in [4.69, 9.17) is 10.5 Å². The topological polar surface area (TPSA) is 65.2 Å². The molecule has 0 unspecified atom stereocenters. The maximum absolute atomic E-state index is 12.9. The number of halogens is 2. The number of alkyl halides is 2. The van der Waals surface area contributed by atoms with Crippen LogP contribution in [0.4, 0.5) is 8.78 Å². The second-order valence-corrected chi connectivity index (χ2v) is 3.37. The Morgan fingerprint density at radius 3 is 2.71 bits per heavy atom. The predicted octanol–water partition coefficient (Wildman–Crippen LogP) is 1.96. The zero-order chi connectivity index (χ0) is 13.0. The minimum absolute atomic E-state index is 0.00949. The Bertz CT molecular complexity index is 422. The summed E-state index contributed by atoms with van der Waals surface area (Å²) in [5.74, 6) is -0.678. The molecule has 0 aliphatic carbocycles. The van der Waals surface area contributed by atoms with E-state index < -0.39 is 12.4 Å². The van der Waals surface area contributed by atoms with Gasteiger partial charge in [0.1, 0.15) is 0 Å². The van der Waals surface area contributed by atoms with Gasteiger partial charge in [0.05, 0.1) is 12.2 Å². The zero-order valence-corrected chi connectivity index (χ0v) is 9.67. The summed E-state index contributed by atoms with van der Waals surface area (Å²) in [5.41, 5.74) is 5.43. The molecule has 0 atom stereocenters. The van der Waals surface area contributed by atoms with Crippen LogP contribution in [-0.4, -0.2) is 17.6 Å². The van der Waals surface area contributed by atoms with E-state index in [2.05, 4.69) is 4.98 Å². The molecule has 4 nitrogen and oxygen atoms in total. The van der Waals surface area contributed by atoms with Crippen LogP contribution in [0.5, 0.6) is 0 Å². The molecule has 0 saturated carbocycles. The number of rotatable bonds is 4. The molecule has 0 saturated heterocycles. The van der Waals surface area contributed by atoms with Crippen molar-refractivity contribution in [2.24, 2.45) is 5.73 Å². The van der Waals surface area contributed by atoms with Gasteiger partial charge in [0.2, 0.25) is 0 Å². The van der Waals surface area contributed by atoms with Crippen LogP contribution in [0, 0.1) is 6.92 Å². The van der Waals surface area contributed by atoms with Crippen molar-refractivity contribution in [3.05, 3.63) is 28.6 Å². The molecule has 1 aromatic rings. The summed E-state index contributed by atoms with van der Waals surface area (Å²) < 4.78 is 30.5. The molecule has 0 aromatic carbocycles. The Kier molecular flexibility index (Phi) is 4.51. The van der Waals surface area contributed by atoms with Gasteiger partial charge in [0.25, 0.3) is 6.43 Å². The Labute approximate surface area is 97.8 Å². The fourth-order valence-corrected chi connectivity index (χ4v) is 1.57. The third kappa shape index (κ3) is 2.76. The Hall–Kier alpha value is -1.56. The van der Waals surface area contributed by atoms with Crippen LogP contribution in [-0.2, 0) is 11.3 Å². The Balaban J connectivity index is 3.32. The lowest BCUT2D eigenvalue weighted by Crippen LogP contribution is -2.15. The van der Waals surface area contributed by atoms with E-state index in [1.807, 2.05) is 0 Å². The summed E-state index contributed by atoms with van der Waals surface area (Å²) in [6, 6.07) is 0. The van der Waals surface area contributed by atoms with Crippen LogP contribution in [0.25, 0.3) is 0 Å². The van der Waals surface area contributed by atoms with E-state index in [0.29, 0.717) is 0 Å². The first-order chi connectivity index (χ1) is 8.02. The molecule has 0 aliphatic heterocycles. The molecule has 0 spiro atoms. The second-order valence-electron chi connectivity index (χ2n) is 3.37. The van der Waals surface area contributed by atoms with Crippen molar-refractivity contribution in [3.63, 3.8) is 0 Å². The normalized spacial score (nSPS) is 10.7. The van der Waals surface area contributed by atoms with Gasteiger partial charge in [-0.15, -0.1) is 0 Å². The van der Waals surface area contributed by atoms with E-state index in [9.17, 15) is 13.6 Å². The molecule has 0 bridgehead atoms. The standard InChI is InChI=1S/C11H14F2N2O2/c1-3-17-11(16)8-5-15-6(2)9(10(12)13)7(8)4-14/h5,10H,3-4,14H2,1-2H3. The van der Waals surface area contributed by atoms with Gasteiger partial charge in [-0.05, 0) is 19.4 Å². The molecule has 2 N–H and O–H groups in total. The van der Waals surface area contributed by atoms with Gasteiger partial charge >= 0.3 is 5.97 Å². The molecule has 6 heteroatoms.